The standard InChI is InChI=1S/C15H11N3O/c1-10-5-6-11(9-18-10)15(19)12-3-2-4-13-14(12)17-8-7-16-13/h2-9H,1H3. The lowest BCUT2D eigenvalue weighted by Gasteiger charge is -2.04. The average Bonchev–Trinajstić information content (AvgIpc) is 2.47. The lowest BCUT2D eigenvalue weighted by molar-refractivity contribution is 0.104. The first-order chi connectivity index (χ1) is 9.25. The van der Waals surface area contributed by atoms with E-state index in [1.807, 2.05) is 25.1 Å². The highest BCUT2D eigenvalue weighted by Crippen LogP contribution is 2.17. The third-order valence-corrected chi connectivity index (χ3v) is 2.92. The first kappa shape index (κ1) is 11.5. The molecule has 0 atom stereocenters. The number of nitrogens with zero attached hydrogens (tertiary/aromatic N) is 3. The molecule has 3 rings (SSSR count). The van der Waals surface area contributed by atoms with E-state index in [4.69, 9.17) is 0 Å². The van der Waals surface area contributed by atoms with E-state index < -0.39 is 0 Å². The molecular formula is C15H11N3O. The van der Waals surface area contributed by atoms with Gasteiger partial charge in [-0.05, 0) is 31.2 Å². The number of rotatable bonds is 2. The largest absolute Gasteiger partial charge is 0.288 e. The fourth-order valence-corrected chi connectivity index (χ4v) is 1.93. The van der Waals surface area contributed by atoms with E-state index in [0.717, 1.165) is 5.69 Å². The number of fused-ring (bicyclic) bond motifs is 1. The summed E-state index contributed by atoms with van der Waals surface area (Å²) >= 11 is 0. The molecule has 0 N–H and O–H groups in total. The molecule has 0 aliphatic carbocycles. The summed E-state index contributed by atoms with van der Waals surface area (Å²) in [5.41, 5.74) is 3.33. The molecule has 0 aliphatic rings. The number of para-hydroxylation sites is 1. The van der Waals surface area contributed by atoms with Crippen LogP contribution in [0.5, 0.6) is 0 Å². The molecule has 0 fully saturated rings. The van der Waals surface area contributed by atoms with Crippen LogP contribution in [0.15, 0.2) is 48.9 Å². The van der Waals surface area contributed by atoms with Crippen LogP contribution in [0.3, 0.4) is 0 Å². The van der Waals surface area contributed by atoms with Crippen LogP contribution >= 0.6 is 0 Å². The second-order valence-corrected chi connectivity index (χ2v) is 4.25. The van der Waals surface area contributed by atoms with Gasteiger partial charge in [-0.1, -0.05) is 6.07 Å². The molecule has 0 aliphatic heterocycles. The van der Waals surface area contributed by atoms with Crippen LogP contribution in [-0.4, -0.2) is 20.7 Å². The number of hydrogen-bond donors (Lipinski definition) is 0. The number of aryl methyl sites for hydroxylation is 1. The van der Waals surface area contributed by atoms with Gasteiger partial charge in [-0.3, -0.25) is 19.7 Å². The molecule has 0 saturated heterocycles. The van der Waals surface area contributed by atoms with Crippen LogP contribution in [0.1, 0.15) is 21.6 Å². The van der Waals surface area contributed by atoms with Gasteiger partial charge in [-0.25, -0.2) is 0 Å². The SMILES string of the molecule is Cc1ccc(C(=O)c2cccc3nccnc23)cn1. The normalized spacial score (nSPS) is 10.6. The summed E-state index contributed by atoms with van der Waals surface area (Å²) in [6, 6.07) is 9.02. The van der Waals surface area contributed by atoms with Gasteiger partial charge in [0.25, 0.3) is 0 Å². The van der Waals surface area contributed by atoms with Crippen LogP contribution in [0.25, 0.3) is 11.0 Å². The highest BCUT2D eigenvalue weighted by Gasteiger charge is 2.13. The minimum atomic E-state index is -0.0846. The van der Waals surface area contributed by atoms with E-state index in [-0.39, 0.29) is 5.78 Å². The molecule has 0 spiro atoms. The summed E-state index contributed by atoms with van der Waals surface area (Å²) in [6.45, 7) is 1.89. The van der Waals surface area contributed by atoms with Crippen molar-refractivity contribution in [2.45, 2.75) is 6.92 Å². The Morgan fingerprint density at radius 1 is 1.00 bits per heavy atom. The molecular weight excluding hydrogens is 238 g/mol. The van der Waals surface area contributed by atoms with Gasteiger partial charge in [0, 0.05) is 29.8 Å². The quantitative estimate of drug-likeness (QED) is 0.655. The van der Waals surface area contributed by atoms with E-state index in [2.05, 4.69) is 15.0 Å². The maximum absolute atomic E-state index is 12.5. The maximum Gasteiger partial charge on any atom is 0.196 e. The molecule has 0 unspecified atom stereocenters. The van der Waals surface area contributed by atoms with Crippen molar-refractivity contribution >= 4 is 16.8 Å². The zero-order valence-corrected chi connectivity index (χ0v) is 10.4. The molecule has 0 radical (unpaired) electrons. The zero-order valence-electron chi connectivity index (χ0n) is 10.4. The van der Waals surface area contributed by atoms with Crippen molar-refractivity contribution in [2.75, 3.05) is 0 Å². The minimum Gasteiger partial charge on any atom is -0.288 e. The number of carbonyl (C=O) groups excluding carboxylic acids is 1. The fourth-order valence-electron chi connectivity index (χ4n) is 1.93. The number of hydrogen-bond acceptors (Lipinski definition) is 4. The van der Waals surface area contributed by atoms with Crippen molar-refractivity contribution in [3.05, 3.63) is 65.7 Å². The molecule has 92 valence electrons. The zero-order chi connectivity index (χ0) is 13.2. The molecule has 19 heavy (non-hydrogen) atoms. The average molecular weight is 249 g/mol. The summed E-state index contributed by atoms with van der Waals surface area (Å²) < 4.78 is 0. The predicted molar refractivity (Wildman–Crippen MR) is 71.9 cm³/mol. The van der Waals surface area contributed by atoms with Crippen molar-refractivity contribution < 1.29 is 4.79 Å². The maximum atomic E-state index is 12.5. The van der Waals surface area contributed by atoms with Crippen molar-refractivity contribution in [1.29, 1.82) is 0 Å². The Kier molecular flexibility index (Phi) is 2.76. The number of ketones is 1. The topological polar surface area (TPSA) is 55.7 Å². The Balaban J connectivity index is 2.14. The van der Waals surface area contributed by atoms with Crippen molar-refractivity contribution in [3.8, 4) is 0 Å². The molecule has 1 aromatic carbocycles. The van der Waals surface area contributed by atoms with Gasteiger partial charge in [0.2, 0.25) is 0 Å². The second-order valence-electron chi connectivity index (χ2n) is 4.25. The van der Waals surface area contributed by atoms with Gasteiger partial charge in [0.15, 0.2) is 5.78 Å². The predicted octanol–water partition coefficient (Wildman–Crippen LogP) is 2.56. The summed E-state index contributed by atoms with van der Waals surface area (Å²) in [6.07, 6.45) is 4.80. The molecule has 0 bridgehead atoms. The fraction of sp³-hybridized carbons (Fsp3) is 0.0667. The van der Waals surface area contributed by atoms with Gasteiger partial charge in [0.05, 0.1) is 16.6 Å². The van der Waals surface area contributed by atoms with Gasteiger partial charge in [-0.15, -0.1) is 0 Å². The first-order valence-corrected chi connectivity index (χ1v) is 5.93. The van der Waals surface area contributed by atoms with E-state index in [9.17, 15) is 4.79 Å². The summed E-state index contributed by atoms with van der Waals surface area (Å²) in [4.78, 5) is 25.1. The number of aromatic nitrogens is 3. The number of carbonyl (C=O) groups is 1. The van der Waals surface area contributed by atoms with Crippen molar-refractivity contribution in [3.63, 3.8) is 0 Å². The smallest absolute Gasteiger partial charge is 0.196 e. The van der Waals surface area contributed by atoms with Crippen molar-refractivity contribution in [2.24, 2.45) is 0 Å². The number of benzene rings is 1. The lowest BCUT2D eigenvalue weighted by Crippen LogP contribution is -2.04. The van der Waals surface area contributed by atoms with Gasteiger partial charge in [0.1, 0.15) is 0 Å². The molecule has 0 amide bonds. The third kappa shape index (κ3) is 2.08. The van der Waals surface area contributed by atoms with Crippen LogP contribution < -0.4 is 0 Å². The van der Waals surface area contributed by atoms with Gasteiger partial charge in [-0.2, -0.15) is 0 Å². The van der Waals surface area contributed by atoms with E-state index in [0.29, 0.717) is 22.2 Å². The van der Waals surface area contributed by atoms with Gasteiger partial charge >= 0.3 is 0 Å². The van der Waals surface area contributed by atoms with Crippen LogP contribution in [-0.2, 0) is 0 Å². The monoisotopic (exact) mass is 249 g/mol. The van der Waals surface area contributed by atoms with Crippen LogP contribution in [0.2, 0.25) is 0 Å². The molecule has 2 aromatic heterocycles. The Morgan fingerprint density at radius 2 is 1.84 bits per heavy atom. The second kappa shape index (κ2) is 4.57. The Morgan fingerprint density at radius 3 is 2.63 bits per heavy atom. The highest BCUT2D eigenvalue weighted by atomic mass is 16.1. The molecule has 2 heterocycles. The molecule has 4 heteroatoms. The van der Waals surface area contributed by atoms with Crippen LogP contribution in [0.4, 0.5) is 0 Å². The van der Waals surface area contributed by atoms with Crippen molar-refractivity contribution in [1.82, 2.24) is 15.0 Å². The van der Waals surface area contributed by atoms with E-state index in [1.165, 1.54) is 0 Å². The number of pyridine rings is 1. The summed E-state index contributed by atoms with van der Waals surface area (Å²) in [5.74, 6) is -0.0846. The van der Waals surface area contributed by atoms with Gasteiger partial charge < -0.3 is 0 Å². The first-order valence-electron chi connectivity index (χ1n) is 5.93. The van der Waals surface area contributed by atoms with Crippen LogP contribution in [0, 0.1) is 6.92 Å². The minimum absolute atomic E-state index is 0.0846. The summed E-state index contributed by atoms with van der Waals surface area (Å²) in [5, 5.41) is 0. The Labute approximate surface area is 110 Å². The molecule has 3 aromatic rings. The molecule has 0 saturated carbocycles. The van der Waals surface area contributed by atoms with E-state index in [1.54, 1.807) is 30.7 Å². The Bertz CT molecular complexity index is 745. The Hall–Kier alpha value is -2.62. The third-order valence-electron chi connectivity index (χ3n) is 2.92. The summed E-state index contributed by atoms with van der Waals surface area (Å²) in [7, 11) is 0. The highest BCUT2D eigenvalue weighted by molar-refractivity contribution is 6.14. The molecule has 4 nitrogen and oxygen atoms in total. The van der Waals surface area contributed by atoms with E-state index >= 15 is 0 Å². The lowest BCUT2D eigenvalue weighted by atomic mass is 10.0.